The van der Waals surface area contributed by atoms with E-state index < -0.39 is 0 Å². The molecular formula is C12H16N2O2S. The molecule has 0 bridgehead atoms. The highest BCUT2D eigenvalue weighted by atomic mass is 32.1. The zero-order chi connectivity index (χ0) is 12.4. The van der Waals surface area contributed by atoms with E-state index in [-0.39, 0.29) is 12.5 Å². The van der Waals surface area contributed by atoms with Gasteiger partial charge >= 0.3 is 0 Å². The lowest BCUT2D eigenvalue weighted by Gasteiger charge is -2.28. The van der Waals surface area contributed by atoms with E-state index in [1.165, 1.54) is 0 Å². The SMILES string of the molecule is CN(CCS)c1ccc2c(c1)N(C)C(=O)CO2. The Morgan fingerprint density at radius 2 is 2.29 bits per heavy atom. The number of ether oxygens (including phenoxy) is 1. The van der Waals surface area contributed by atoms with Crippen LogP contribution in [0, 0.1) is 0 Å². The Bertz CT molecular complexity index is 437. The van der Waals surface area contributed by atoms with Crippen LogP contribution < -0.4 is 14.5 Å². The summed E-state index contributed by atoms with van der Waals surface area (Å²) in [5.41, 5.74) is 1.88. The average molecular weight is 252 g/mol. The van der Waals surface area contributed by atoms with Gasteiger partial charge in [0.25, 0.3) is 5.91 Å². The second-order valence-electron chi connectivity index (χ2n) is 4.04. The summed E-state index contributed by atoms with van der Waals surface area (Å²) in [5.74, 6) is 1.53. The lowest BCUT2D eigenvalue weighted by molar-refractivity contribution is -0.120. The summed E-state index contributed by atoms with van der Waals surface area (Å²) >= 11 is 4.21. The van der Waals surface area contributed by atoms with Crippen LogP contribution in [-0.2, 0) is 4.79 Å². The fourth-order valence-electron chi connectivity index (χ4n) is 1.78. The van der Waals surface area contributed by atoms with Crippen LogP contribution in [0.2, 0.25) is 0 Å². The molecule has 1 heterocycles. The number of hydrogen-bond acceptors (Lipinski definition) is 4. The van der Waals surface area contributed by atoms with Gasteiger partial charge in [0.15, 0.2) is 6.61 Å². The van der Waals surface area contributed by atoms with Crippen LogP contribution in [-0.4, -0.2) is 38.9 Å². The number of amides is 1. The molecule has 4 nitrogen and oxygen atoms in total. The number of hydrogen-bond donors (Lipinski definition) is 1. The van der Waals surface area contributed by atoms with E-state index in [4.69, 9.17) is 4.74 Å². The van der Waals surface area contributed by atoms with Crippen LogP contribution >= 0.6 is 12.6 Å². The van der Waals surface area contributed by atoms with E-state index in [1.807, 2.05) is 25.2 Å². The van der Waals surface area contributed by atoms with E-state index in [1.54, 1.807) is 11.9 Å². The molecule has 0 atom stereocenters. The molecule has 0 saturated heterocycles. The summed E-state index contributed by atoms with van der Waals surface area (Å²) in [7, 11) is 3.77. The average Bonchev–Trinajstić information content (AvgIpc) is 2.34. The first-order valence-corrected chi connectivity index (χ1v) is 6.12. The molecule has 92 valence electrons. The molecule has 1 aliphatic rings. The van der Waals surface area contributed by atoms with Crippen LogP contribution in [0.5, 0.6) is 5.75 Å². The van der Waals surface area contributed by atoms with Gasteiger partial charge in [0.2, 0.25) is 0 Å². The van der Waals surface area contributed by atoms with Gasteiger partial charge in [-0.1, -0.05) is 0 Å². The Kier molecular flexibility index (Phi) is 3.47. The Hall–Kier alpha value is -1.36. The van der Waals surface area contributed by atoms with Crippen LogP contribution in [0.25, 0.3) is 0 Å². The van der Waals surface area contributed by atoms with Gasteiger partial charge in [0.05, 0.1) is 5.69 Å². The molecule has 0 N–H and O–H groups in total. The van der Waals surface area contributed by atoms with Gasteiger partial charge in [0, 0.05) is 32.1 Å². The van der Waals surface area contributed by atoms with Gasteiger partial charge in [-0.25, -0.2) is 0 Å². The third-order valence-electron chi connectivity index (χ3n) is 2.91. The van der Waals surface area contributed by atoms with E-state index >= 15 is 0 Å². The van der Waals surface area contributed by atoms with Crippen molar-refractivity contribution >= 4 is 29.9 Å². The van der Waals surface area contributed by atoms with Crippen molar-refractivity contribution < 1.29 is 9.53 Å². The Morgan fingerprint density at radius 1 is 1.53 bits per heavy atom. The molecule has 0 aromatic heterocycles. The number of anilines is 2. The van der Waals surface area contributed by atoms with E-state index in [2.05, 4.69) is 17.5 Å². The Morgan fingerprint density at radius 3 is 3.00 bits per heavy atom. The van der Waals surface area contributed by atoms with Gasteiger partial charge in [-0.3, -0.25) is 4.79 Å². The summed E-state index contributed by atoms with van der Waals surface area (Å²) in [4.78, 5) is 15.3. The summed E-state index contributed by atoms with van der Waals surface area (Å²) in [6.07, 6.45) is 0. The third-order valence-corrected chi connectivity index (χ3v) is 3.11. The van der Waals surface area contributed by atoms with E-state index in [0.717, 1.165) is 29.4 Å². The van der Waals surface area contributed by atoms with Crippen molar-refractivity contribution in [1.82, 2.24) is 0 Å². The second kappa shape index (κ2) is 4.87. The molecule has 0 fully saturated rings. The maximum absolute atomic E-state index is 11.5. The zero-order valence-electron chi connectivity index (χ0n) is 10.0. The maximum Gasteiger partial charge on any atom is 0.264 e. The van der Waals surface area contributed by atoms with E-state index in [0.29, 0.717) is 0 Å². The molecular weight excluding hydrogens is 236 g/mol. The number of rotatable bonds is 3. The number of nitrogens with zero attached hydrogens (tertiary/aromatic N) is 2. The van der Waals surface area contributed by atoms with Crippen molar-refractivity contribution in [2.24, 2.45) is 0 Å². The van der Waals surface area contributed by atoms with Gasteiger partial charge in [-0.15, -0.1) is 0 Å². The highest BCUT2D eigenvalue weighted by Gasteiger charge is 2.22. The van der Waals surface area contributed by atoms with Gasteiger partial charge in [0.1, 0.15) is 5.75 Å². The number of benzene rings is 1. The molecule has 0 radical (unpaired) electrons. The minimum atomic E-state index is -0.0218. The summed E-state index contributed by atoms with van der Waals surface area (Å²) in [5, 5.41) is 0. The third kappa shape index (κ3) is 2.34. The predicted octanol–water partition coefficient (Wildman–Crippen LogP) is 1.41. The minimum Gasteiger partial charge on any atom is -0.482 e. The predicted molar refractivity (Wildman–Crippen MR) is 72.5 cm³/mol. The van der Waals surface area contributed by atoms with Crippen molar-refractivity contribution in [2.45, 2.75) is 0 Å². The molecule has 17 heavy (non-hydrogen) atoms. The highest BCUT2D eigenvalue weighted by Crippen LogP contribution is 2.34. The molecule has 5 heteroatoms. The highest BCUT2D eigenvalue weighted by molar-refractivity contribution is 7.80. The van der Waals surface area contributed by atoms with Gasteiger partial charge < -0.3 is 14.5 Å². The molecule has 0 saturated carbocycles. The molecule has 1 aromatic carbocycles. The molecule has 0 aliphatic carbocycles. The van der Waals surface area contributed by atoms with Gasteiger partial charge in [-0.2, -0.15) is 12.6 Å². The topological polar surface area (TPSA) is 32.8 Å². The fraction of sp³-hybridized carbons (Fsp3) is 0.417. The first kappa shape index (κ1) is 12.1. The largest absolute Gasteiger partial charge is 0.482 e. The van der Waals surface area contributed by atoms with Crippen LogP contribution in [0.3, 0.4) is 0 Å². The smallest absolute Gasteiger partial charge is 0.264 e. The summed E-state index contributed by atoms with van der Waals surface area (Å²) in [6, 6.07) is 5.87. The summed E-state index contributed by atoms with van der Waals surface area (Å²) in [6.45, 7) is 0.982. The lowest BCUT2D eigenvalue weighted by Crippen LogP contribution is -2.35. The molecule has 0 spiro atoms. The molecule has 0 unspecified atom stereocenters. The monoisotopic (exact) mass is 252 g/mol. The van der Waals surface area contributed by atoms with Crippen molar-refractivity contribution in [3.63, 3.8) is 0 Å². The molecule has 1 aliphatic heterocycles. The number of fused-ring (bicyclic) bond motifs is 1. The van der Waals surface area contributed by atoms with E-state index in [9.17, 15) is 4.79 Å². The maximum atomic E-state index is 11.5. The standard InChI is InChI=1S/C12H16N2O2S/c1-13(5-6-17)9-3-4-11-10(7-9)14(2)12(15)8-16-11/h3-4,7,17H,5-6,8H2,1-2H3. The zero-order valence-corrected chi connectivity index (χ0v) is 10.9. The minimum absolute atomic E-state index is 0.0218. The second-order valence-corrected chi connectivity index (χ2v) is 4.49. The lowest BCUT2D eigenvalue weighted by atomic mass is 10.2. The quantitative estimate of drug-likeness (QED) is 0.826. The Balaban J connectivity index is 2.32. The van der Waals surface area contributed by atoms with Crippen molar-refractivity contribution in [3.8, 4) is 5.75 Å². The fourth-order valence-corrected chi connectivity index (χ4v) is 2.08. The van der Waals surface area contributed by atoms with Crippen molar-refractivity contribution in [3.05, 3.63) is 18.2 Å². The Labute approximate surface area is 107 Å². The first-order chi connectivity index (χ1) is 8.13. The normalized spacial score (nSPS) is 14.3. The van der Waals surface area contributed by atoms with Crippen molar-refractivity contribution in [2.75, 3.05) is 42.8 Å². The number of thiol groups is 1. The number of likely N-dealkylation sites (N-methyl/N-ethyl adjacent to an activating group) is 1. The van der Waals surface area contributed by atoms with Crippen molar-refractivity contribution in [1.29, 1.82) is 0 Å². The van der Waals surface area contributed by atoms with Crippen LogP contribution in [0.1, 0.15) is 0 Å². The molecule has 2 rings (SSSR count). The van der Waals surface area contributed by atoms with Crippen LogP contribution in [0.4, 0.5) is 11.4 Å². The summed E-state index contributed by atoms with van der Waals surface area (Å²) < 4.78 is 5.38. The number of carbonyl (C=O) groups is 1. The molecule has 1 aromatic rings. The first-order valence-electron chi connectivity index (χ1n) is 5.49. The molecule has 1 amide bonds. The van der Waals surface area contributed by atoms with Crippen LogP contribution in [0.15, 0.2) is 18.2 Å². The van der Waals surface area contributed by atoms with Gasteiger partial charge in [-0.05, 0) is 18.2 Å². The number of carbonyl (C=O) groups excluding carboxylic acids is 1.